The molecule has 0 unspecified atom stereocenters. The first-order valence-electron chi connectivity index (χ1n) is 17.0. The van der Waals surface area contributed by atoms with Crippen LogP contribution in [0.5, 0.6) is 5.75 Å². The van der Waals surface area contributed by atoms with Crippen LogP contribution in [0, 0.1) is 29.1 Å². The lowest BCUT2D eigenvalue weighted by molar-refractivity contribution is -0.218. The van der Waals surface area contributed by atoms with Crippen LogP contribution in [0.3, 0.4) is 0 Å². The molecule has 0 N–H and O–H groups in total. The van der Waals surface area contributed by atoms with Crippen molar-refractivity contribution in [2.24, 2.45) is 29.1 Å². The first-order chi connectivity index (χ1) is 22.3. The van der Waals surface area contributed by atoms with Crippen LogP contribution in [0.25, 0.3) is 0 Å². The molecular weight excluding hydrogens is 596 g/mol. The molecule has 1 saturated carbocycles. The van der Waals surface area contributed by atoms with Crippen LogP contribution in [0.1, 0.15) is 84.5 Å². The number of hydrogen-bond acceptors (Lipinski definition) is 8. The summed E-state index contributed by atoms with van der Waals surface area (Å²) in [6, 6.07) is 18.1. The third kappa shape index (κ3) is 7.34. The fourth-order valence-electron chi connectivity index (χ4n) is 7.72. The number of carbonyl (C=O) groups excluding carboxylic acids is 3. The molecule has 1 aliphatic carbocycles. The number of rotatable bonds is 11. The van der Waals surface area contributed by atoms with Crippen molar-refractivity contribution in [3.05, 3.63) is 77.9 Å². The van der Waals surface area contributed by atoms with E-state index < -0.39 is 41.1 Å². The SMILES string of the molecule is CO[C@@H](CC[C@H](C)[C@H]1O[C@@]2(C=C[C@@H]1C)[C@H](C(=O)O[C@@H]1CC(=O)O[C@@H]1C)C(=O)[C@H](C)CC2(C)C)c1cccc(OCc2ccccc2)c1. The van der Waals surface area contributed by atoms with E-state index in [4.69, 9.17) is 23.7 Å². The van der Waals surface area contributed by atoms with Gasteiger partial charge in [0, 0.05) is 18.9 Å². The number of ketones is 1. The number of methoxy groups -OCH3 is 1. The minimum Gasteiger partial charge on any atom is -0.489 e. The molecule has 3 aliphatic rings. The molecule has 0 radical (unpaired) electrons. The van der Waals surface area contributed by atoms with Crippen LogP contribution in [0.15, 0.2) is 66.7 Å². The molecule has 1 saturated heterocycles. The highest BCUT2D eigenvalue weighted by Crippen LogP contribution is 2.54. The van der Waals surface area contributed by atoms with E-state index in [1.54, 1.807) is 14.0 Å². The van der Waals surface area contributed by atoms with Gasteiger partial charge in [-0.3, -0.25) is 14.4 Å². The fraction of sp³-hybridized carbons (Fsp3) is 0.564. The Morgan fingerprint density at radius 3 is 2.45 bits per heavy atom. The molecule has 47 heavy (non-hydrogen) atoms. The van der Waals surface area contributed by atoms with Gasteiger partial charge in [-0.05, 0) is 60.8 Å². The predicted molar refractivity (Wildman–Crippen MR) is 177 cm³/mol. The van der Waals surface area contributed by atoms with E-state index in [-0.39, 0.29) is 42.2 Å². The largest absolute Gasteiger partial charge is 0.489 e. The van der Waals surface area contributed by atoms with Gasteiger partial charge in [-0.25, -0.2) is 0 Å². The van der Waals surface area contributed by atoms with E-state index in [1.807, 2.05) is 61.5 Å². The highest BCUT2D eigenvalue weighted by Gasteiger charge is 2.63. The number of hydrogen-bond donors (Lipinski definition) is 0. The van der Waals surface area contributed by atoms with Crippen molar-refractivity contribution in [1.29, 1.82) is 0 Å². The molecule has 8 heteroatoms. The van der Waals surface area contributed by atoms with E-state index in [9.17, 15) is 14.4 Å². The van der Waals surface area contributed by atoms with Crippen molar-refractivity contribution >= 4 is 17.7 Å². The van der Waals surface area contributed by atoms with E-state index in [1.165, 1.54) is 0 Å². The number of Topliss-reactive ketones (excluding diaryl/α,β-unsaturated/α-hetero) is 1. The summed E-state index contributed by atoms with van der Waals surface area (Å²) >= 11 is 0. The van der Waals surface area contributed by atoms with E-state index in [2.05, 4.69) is 39.8 Å². The molecule has 1 spiro atoms. The van der Waals surface area contributed by atoms with Gasteiger partial charge < -0.3 is 23.7 Å². The molecule has 2 heterocycles. The van der Waals surface area contributed by atoms with Gasteiger partial charge in [0.25, 0.3) is 0 Å². The Morgan fingerprint density at radius 1 is 1.02 bits per heavy atom. The normalized spacial score (nSPS) is 31.3. The van der Waals surface area contributed by atoms with Gasteiger partial charge in [-0.1, -0.05) is 89.2 Å². The minimum absolute atomic E-state index is 0.0180. The zero-order chi connectivity index (χ0) is 33.9. The van der Waals surface area contributed by atoms with Gasteiger partial charge >= 0.3 is 11.9 Å². The standard InChI is InChI=1S/C39H50O8/c1-24(16-17-31(43-7)29-14-11-15-30(20-29)44-23-28-12-9-8-10-13-28)36-25(2)18-19-39(47-36)34(35(41)26(3)22-38(39,5)6)37(42)46-32-21-33(40)45-27(32)4/h8-15,18-20,24-27,31-32,34,36H,16-17,21-23H2,1-7H3/t24-,25-,26+,27+,31-,32+,34-,36+,39-/m0/s1. The summed E-state index contributed by atoms with van der Waals surface area (Å²) in [5.74, 6) is -1.79. The molecule has 9 atom stereocenters. The molecular formula is C39H50O8. The first-order valence-corrected chi connectivity index (χ1v) is 17.0. The number of carbonyl (C=O) groups is 3. The molecule has 2 fully saturated rings. The molecule has 5 rings (SSSR count). The van der Waals surface area contributed by atoms with Crippen LogP contribution < -0.4 is 4.74 Å². The third-order valence-electron chi connectivity index (χ3n) is 10.5. The Balaban J connectivity index is 1.31. The average Bonchev–Trinajstić information content (AvgIpc) is 3.36. The zero-order valence-corrected chi connectivity index (χ0v) is 28.8. The predicted octanol–water partition coefficient (Wildman–Crippen LogP) is 7.20. The average molecular weight is 647 g/mol. The summed E-state index contributed by atoms with van der Waals surface area (Å²) < 4.78 is 30.2. The van der Waals surface area contributed by atoms with Crippen molar-refractivity contribution in [2.45, 2.75) is 104 Å². The highest BCUT2D eigenvalue weighted by atomic mass is 16.6. The number of esters is 2. The molecule has 254 valence electrons. The lowest BCUT2D eigenvalue weighted by Gasteiger charge is -2.56. The van der Waals surface area contributed by atoms with Gasteiger partial charge in [0.1, 0.15) is 36.1 Å². The molecule has 0 amide bonds. The van der Waals surface area contributed by atoms with E-state index >= 15 is 0 Å². The van der Waals surface area contributed by atoms with Crippen LogP contribution in [-0.2, 0) is 39.9 Å². The Bertz CT molecular complexity index is 1450. The summed E-state index contributed by atoms with van der Waals surface area (Å²) in [6.07, 6.45) is 4.47. The van der Waals surface area contributed by atoms with Crippen molar-refractivity contribution in [3.63, 3.8) is 0 Å². The summed E-state index contributed by atoms with van der Waals surface area (Å²) in [5, 5.41) is 0. The molecule has 0 aromatic heterocycles. The third-order valence-corrected chi connectivity index (χ3v) is 10.5. The topological polar surface area (TPSA) is 97.4 Å². The first kappa shape index (κ1) is 34.8. The van der Waals surface area contributed by atoms with Gasteiger partial charge in [0.2, 0.25) is 0 Å². The van der Waals surface area contributed by atoms with Crippen molar-refractivity contribution in [1.82, 2.24) is 0 Å². The monoisotopic (exact) mass is 646 g/mol. The zero-order valence-electron chi connectivity index (χ0n) is 28.8. The molecule has 0 bridgehead atoms. The smallest absolute Gasteiger partial charge is 0.320 e. The Kier molecular flexibility index (Phi) is 10.6. The van der Waals surface area contributed by atoms with E-state index in [0.717, 1.165) is 29.7 Å². The maximum atomic E-state index is 13.9. The van der Waals surface area contributed by atoms with Crippen molar-refractivity contribution < 1.29 is 38.1 Å². The quantitative estimate of drug-likeness (QED) is 0.144. The lowest BCUT2D eigenvalue weighted by atomic mass is 9.55. The van der Waals surface area contributed by atoms with Crippen LogP contribution in [0.2, 0.25) is 0 Å². The number of ether oxygens (including phenoxy) is 5. The molecule has 8 nitrogen and oxygen atoms in total. The Labute approximate surface area is 279 Å². The fourth-order valence-corrected chi connectivity index (χ4v) is 7.72. The van der Waals surface area contributed by atoms with Gasteiger partial charge in [0.05, 0.1) is 18.6 Å². The van der Waals surface area contributed by atoms with Gasteiger partial charge in [0.15, 0.2) is 5.78 Å². The van der Waals surface area contributed by atoms with Crippen LogP contribution in [-0.4, -0.2) is 48.7 Å². The van der Waals surface area contributed by atoms with Gasteiger partial charge in [-0.15, -0.1) is 0 Å². The second-order valence-corrected chi connectivity index (χ2v) is 14.4. The second kappa shape index (κ2) is 14.3. The summed E-state index contributed by atoms with van der Waals surface area (Å²) in [7, 11) is 1.72. The van der Waals surface area contributed by atoms with Gasteiger partial charge in [-0.2, -0.15) is 0 Å². The maximum absolute atomic E-state index is 13.9. The Hall–Kier alpha value is -3.49. The highest BCUT2D eigenvalue weighted by molar-refractivity contribution is 6.03. The summed E-state index contributed by atoms with van der Waals surface area (Å²) in [6.45, 7) is 12.5. The molecule has 2 aromatic rings. The summed E-state index contributed by atoms with van der Waals surface area (Å²) in [5.41, 5.74) is 0.422. The molecule has 2 aliphatic heterocycles. The van der Waals surface area contributed by atoms with E-state index in [0.29, 0.717) is 13.0 Å². The molecule has 2 aromatic carbocycles. The summed E-state index contributed by atoms with van der Waals surface area (Å²) in [4.78, 5) is 39.6. The minimum atomic E-state index is -1.18. The maximum Gasteiger partial charge on any atom is 0.320 e. The number of cyclic esters (lactones) is 1. The van der Waals surface area contributed by atoms with Crippen LogP contribution >= 0.6 is 0 Å². The van der Waals surface area contributed by atoms with Crippen molar-refractivity contribution in [2.75, 3.05) is 7.11 Å². The Morgan fingerprint density at radius 2 is 1.77 bits per heavy atom. The van der Waals surface area contributed by atoms with Crippen molar-refractivity contribution in [3.8, 4) is 5.75 Å². The van der Waals surface area contributed by atoms with Crippen LogP contribution in [0.4, 0.5) is 0 Å². The number of benzene rings is 2. The second-order valence-electron chi connectivity index (χ2n) is 14.4. The lowest BCUT2D eigenvalue weighted by Crippen LogP contribution is -2.65.